The maximum Gasteiger partial charge on any atom is 0.123 e. The molecule has 1 aliphatic heterocycles. The molecule has 2 rings (SSSR count). The van der Waals surface area contributed by atoms with Gasteiger partial charge in [-0.1, -0.05) is 0 Å². The SMILES string of the molecule is COCC(O)CN1CCN(c2ccc(F)cc2)CC1. The highest BCUT2D eigenvalue weighted by atomic mass is 19.1. The van der Waals surface area contributed by atoms with E-state index in [1.54, 1.807) is 7.11 Å². The first-order valence-electron chi connectivity index (χ1n) is 6.59. The molecule has 1 aliphatic rings. The number of ether oxygens (including phenoxy) is 1. The Morgan fingerprint density at radius 2 is 1.84 bits per heavy atom. The van der Waals surface area contributed by atoms with Gasteiger partial charge in [-0.2, -0.15) is 0 Å². The van der Waals surface area contributed by atoms with Gasteiger partial charge in [-0.05, 0) is 24.3 Å². The lowest BCUT2D eigenvalue weighted by atomic mass is 10.2. The molecule has 1 heterocycles. The van der Waals surface area contributed by atoms with Crippen LogP contribution in [0, 0.1) is 5.82 Å². The first-order valence-corrected chi connectivity index (χ1v) is 6.59. The molecule has 106 valence electrons. The van der Waals surface area contributed by atoms with E-state index >= 15 is 0 Å². The predicted octanol–water partition coefficient (Wildman–Crippen LogP) is 0.955. The molecule has 1 fully saturated rings. The van der Waals surface area contributed by atoms with E-state index in [4.69, 9.17) is 4.74 Å². The van der Waals surface area contributed by atoms with E-state index in [2.05, 4.69) is 9.80 Å². The minimum absolute atomic E-state index is 0.204. The number of aliphatic hydroxyl groups excluding tert-OH is 1. The molecular formula is C14H21FN2O2. The fraction of sp³-hybridized carbons (Fsp3) is 0.571. The second-order valence-corrected chi connectivity index (χ2v) is 4.87. The molecule has 0 aromatic heterocycles. The third-order valence-corrected chi connectivity index (χ3v) is 3.39. The number of nitrogens with zero attached hydrogens (tertiary/aromatic N) is 2. The molecule has 4 nitrogen and oxygen atoms in total. The number of halogens is 1. The van der Waals surface area contributed by atoms with Gasteiger partial charge in [0.1, 0.15) is 5.82 Å². The van der Waals surface area contributed by atoms with Crippen LogP contribution in [0.2, 0.25) is 0 Å². The normalized spacial score (nSPS) is 18.6. The Kier molecular flexibility index (Phi) is 5.13. The molecule has 0 aliphatic carbocycles. The van der Waals surface area contributed by atoms with Crippen LogP contribution in [-0.2, 0) is 4.74 Å². The van der Waals surface area contributed by atoms with Gasteiger partial charge in [0.25, 0.3) is 0 Å². The molecule has 1 saturated heterocycles. The van der Waals surface area contributed by atoms with Crippen LogP contribution in [0.25, 0.3) is 0 Å². The summed E-state index contributed by atoms with van der Waals surface area (Å²) in [7, 11) is 1.59. The second-order valence-electron chi connectivity index (χ2n) is 4.87. The second kappa shape index (κ2) is 6.84. The van der Waals surface area contributed by atoms with Gasteiger partial charge in [-0.3, -0.25) is 4.90 Å². The smallest absolute Gasteiger partial charge is 0.123 e. The van der Waals surface area contributed by atoms with Crippen LogP contribution < -0.4 is 4.90 Å². The van der Waals surface area contributed by atoms with Gasteiger partial charge in [0.05, 0.1) is 12.7 Å². The number of benzene rings is 1. The van der Waals surface area contributed by atoms with Crippen LogP contribution in [0.15, 0.2) is 24.3 Å². The van der Waals surface area contributed by atoms with Crippen LogP contribution in [0.4, 0.5) is 10.1 Å². The molecule has 1 atom stereocenters. The highest BCUT2D eigenvalue weighted by Gasteiger charge is 2.19. The van der Waals surface area contributed by atoms with E-state index in [9.17, 15) is 9.50 Å². The molecule has 1 unspecified atom stereocenters. The van der Waals surface area contributed by atoms with Gasteiger partial charge in [0.2, 0.25) is 0 Å². The molecule has 5 heteroatoms. The molecule has 0 bridgehead atoms. The average Bonchev–Trinajstić information content (AvgIpc) is 2.41. The number of aliphatic hydroxyl groups is 1. The molecule has 19 heavy (non-hydrogen) atoms. The number of piperazine rings is 1. The Bertz CT molecular complexity index is 378. The highest BCUT2D eigenvalue weighted by Crippen LogP contribution is 2.16. The topological polar surface area (TPSA) is 35.9 Å². The maximum atomic E-state index is 12.9. The van der Waals surface area contributed by atoms with Gasteiger partial charge >= 0.3 is 0 Å². The summed E-state index contributed by atoms with van der Waals surface area (Å²) in [5.74, 6) is -0.204. The Balaban J connectivity index is 1.80. The van der Waals surface area contributed by atoms with Crippen molar-refractivity contribution >= 4 is 5.69 Å². The van der Waals surface area contributed by atoms with Crippen LogP contribution in [0.1, 0.15) is 0 Å². The van der Waals surface area contributed by atoms with Crippen LogP contribution in [0.3, 0.4) is 0 Å². The Labute approximate surface area is 113 Å². The van der Waals surface area contributed by atoms with Crippen molar-refractivity contribution in [3.8, 4) is 0 Å². The quantitative estimate of drug-likeness (QED) is 0.863. The molecule has 1 aromatic rings. The average molecular weight is 268 g/mol. The first kappa shape index (κ1) is 14.2. The van der Waals surface area contributed by atoms with E-state index < -0.39 is 6.10 Å². The van der Waals surface area contributed by atoms with Crippen molar-refractivity contribution in [2.75, 3.05) is 51.3 Å². The third kappa shape index (κ3) is 4.16. The van der Waals surface area contributed by atoms with Crippen molar-refractivity contribution in [2.24, 2.45) is 0 Å². The number of hydrogen-bond acceptors (Lipinski definition) is 4. The van der Waals surface area contributed by atoms with Gasteiger partial charge in [-0.15, -0.1) is 0 Å². The number of methoxy groups -OCH3 is 1. The van der Waals surface area contributed by atoms with Crippen molar-refractivity contribution in [2.45, 2.75) is 6.10 Å². The molecule has 0 radical (unpaired) electrons. The summed E-state index contributed by atoms with van der Waals surface area (Å²) in [5.41, 5.74) is 1.05. The largest absolute Gasteiger partial charge is 0.389 e. The van der Waals surface area contributed by atoms with Crippen molar-refractivity contribution in [1.29, 1.82) is 0 Å². The minimum atomic E-state index is -0.428. The zero-order chi connectivity index (χ0) is 13.7. The summed E-state index contributed by atoms with van der Waals surface area (Å²) >= 11 is 0. The monoisotopic (exact) mass is 268 g/mol. The van der Waals surface area contributed by atoms with Gasteiger partial charge in [0.15, 0.2) is 0 Å². The lowest BCUT2D eigenvalue weighted by molar-refractivity contribution is 0.0365. The van der Waals surface area contributed by atoms with Crippen LogP contribution in [0.5, 0.6) is 0 Å². The summed E-state index contributed by atoms with van der Waals surface area (Å²) in [6.07, 6.45) is -0.428. The fourth-order valence-corrected chi connectivity index (χ4v) is 2.38. The van der Waals surface area contributed by atoms with Crippen molar-refractivity contribution < 1.29 is 14.2 Å². The number of anilines is 1. The zero-order valence-electron chi connectivity index (χ0n) is 11.3. The first-order chi connectivity index (χ1) is 9.19. The Morgan fingerprint density at radius 3 is 2.42 bits per heavy atom. The lowest BCUT2D eigenvalue weighted by Gasteiger charge is -2.36. The standard InChI is InChI=1S/C14H21FN2O2/c1-19-11-14(18)10-16-6-8-17(9-7-16)13-4-2-12(15)3-5-13/h2-5,14,18H,6-11H2,1H3. The Morgan fingerprint density at radius 1 is 1.21 bits per heavy atom. The third-order valence-electron chi connectivity index (χ3n) is 3.39. The molecule has 0 spiro atoms. The van der Waals surface area contributed by atoms with Crippen LogP contribution in [-0.4, -0.2) is 62.6 Å². The summed E-state index contributed by atoms with van der Waals surface area (Å²) in [6.45, 7) is 4.61. The summed E-state index contributed by atoms with van der Waals surface area (Å²) in [6, 6.07) is 6.60. The molecule has 1 N–H and O–H groups in total. The van der Waals surface area contributed by atoms with Crippen molar-refractivity contribution in [3.63, 3.8) is 0 Å². The van der Waals surface area contributed by atoms with E-state index in [-0.39, 0.29) is 5.82 Å². The lowest BCUT2D eigenvalue weighted by Crippen LogP contribution is -2.49. The van der Waals surface area contributed by atoms with Gasteiger partial charge < -0.3 is 14.7 Å². The van der Waals surface area contributed by atoms with E-state index in [0.29, 0.717) is 13.2 Å². The number of hydrogen-bond donors (Lipinski definition) is 1. The van der Waals surface area contributed by atoms with E-state index in [0.717, 1.165) is 31.9 Å². The Hall–Kier alpha value is -1.17. The predicted molar refractivity (Wildman–Crippen MR) is 72.9 cm³/mol. The molecule has 1 aromatic carbocycles. The number of rotatable bonds is 5. The van der Waals surface area contributed by atoms with Crippen molar-refractivity contribution in [1.82, 2.24) is 4.90 Å². The summed E-state index contributed by atoms with van der Waals surface area (Å²) in [5, 5.41) is 9.69. The molecular weight excluding hydrogens is 247 g/mol. The van der Waals surface area contributed by atoms with E-state index in [1.165, 1.54) is 12.1 Å². The summed E-state index contributed by atoms with van der Waals surface area (Å²) < 4.78 is 17.8. The summed E-state index contributed by atoms with van der Waals surface area (Å²) in [4.78, 5) is 4.46. The maximum absolute atomic E-state index is 12.9. The highest BCUT2D eigenvalue weighted by molar-refractivity contribution is 5.46. The molecule has 0 amide bonds. The van der Waals surface area contributed by atoms with E-state index in [1.807, 2.05) is 12.1 Å². The number of β-amino-alcohol motifs (C(OH)–C–C–N with tert-alkyl or cyclic N) is 1. The van der Waals surface area contributed by atoms with Gasteiger partial charge in [0, 0.05) is 45.5 Å². The zero-order valence-corrected chi connectivity index (χ0v) is 11.3. The van der Waals surface area contributed by atoms with Gasteiger partial charge in [-0.25, -0.2) is 4.39 Å². The van der Waals surface area contributed by atoms with Crippen molar-refractivity contribution in [3.05, 3.63) is 30.1 Å². The minimum Gasteiger partial charge on any atom is -0.389 e. The fourth-order valence-electron chi connectivity index (χ4n) is 2.38. The van der Waals surface area contributed by atoms with Crippen LogP contribution >= 0.6 is 0 Å². The molecule has 0 saturated carbocycles.